The van der Waals surface area contributed by atoms with Crippen LogP contribution in [0.1, 0.15) is 26.7 Å². The van der Waals surface area contributed by atoms with Crippen molar-refractivity contribution < 1.29 is 9.53 Å². The van der Waals surface area contributed by atoms with Crippen molar-refractivity contribution >= 4 is 21.8 Å². The average Bonchev–Trinajstić information content (AvgIpc) is 2.43. The van der Waals surface area contributed by atoms with Gasteiger partial charge in [0, 0.05) is 30.2 Å². The summed E-state index contributed by atoms with van der Waals surface area (Å²) in [5, 5.41) is 2.70. The Morgan fingerprint density at radius 1 is 1.47 bits per heavy atom. The van der Waals surface area contributed by atoms with Gasteiger partial charge in [-0.15, -0.1) is 0 Å². The molecule has 0 aliphatic carbocycles. The van der Waals surface area contributed by atoms with Gasteiger partial charge in [-0.25, -0.2) is 0 Å². The van der Waals surface area contributed by atoms with E-state index in [1.54, 1.807) is 12.4 Å². The lowest BCUT2D eigenvalue weighted by Crippen LogP contribution is -2.29. The number of ether oxygens (including phenoxy) is 1. The van der Waals surface area contributed by atoms with Gasteiger partial charge >= 0.3 is 0 Å². The van der Waals surface area contributed by atoms with Crippen LogP contribution >= 0.6 is 15.9 Å². The Labute approximate surface area is 123 Å². The number of nitrogens with zero attached hydrogens (tertiary/aromatic N) is 1. The maximum Gasteiger partial charge on any atom is 0.220 e. The van der Waals surface area contributed by atoms with E-state index in [-0.39, 0.29) is 5.91 Å². The Morgan fingerprint density at radius 2 is 2.21 bits per heavy atom. The van der Waals surface area contributed by atoms with Crippen LogP contribution in [0.5, 0.6) is 5.75 Å². The SMILES string of the molecule is CC.NCCNC(=O)CCCOc1cncc(Br)c1. The van der Waals surface area contributed by atoms with E-state index in [2.05, 4.69) is 26.2 Å². The number of rotatable bonds is 7. The molecule has 1 rings (SSSR count). The molecule has 6 heteroatoms. The number of nitrogens with one attached hydrogen (secondary N) is 1. The van der Waals surface area contributed by atoms with Gasteiger partial charge in [0.2, 0.25) is 5.91 Å². The number of pyridine rings is 1. The lowest BCUT2D eigenvalue weighted by atomic mass is 10.3. The molecule has 0 fully saturated rings. The summed E-state index contributed by atoms with van der Waals surface area (Å²) in [4.78, 5) is 15.2. The minimum atomic E-state index is 0.00594. The molecule has 0 aromatic carbocycles. The summed E-state index contributed by atoms with van der Waals surface area (Å²) >= 11 is 3.30. The topological polar surface area (TPSA) is 77.2 Å². The van der Waals surface area contributed by atoms with Crippen molar-refractivity contribution in [3.63, 3.8) is 0 Å². The predicted molar refractivity (Wildman–Crippen MR) is 80.1 cm³/mol. The normalized spacial score (nSPS) is 9.26. The summed E-state index contributed by atoms with van der Waals surface area (Å²) in [7, 11) is 0. The third-order valence-corrected chi connectivity index (χ3v) is 2.40. The van der Waals surface area contributed by atoms with Gasteiger partial charge in [0.15, 0.2) is 0 Å². The van der Waals surface area contributed by atoms with Crippen molar-refractivity contribution in [2.75, 3.05) is 19.7 Å². The van der Waals surface area contributed by atoms with E-state index in [1.165, 1.54) is 0 Å². The van der Waals surface area contributed by atoms with Gasteiger partial charge in [-0.05, 0) is 28.4 Å². The molecule has 108 valence electrons. The second kappa shape index (κ2) is 11.9. The van der Waals surface area contributed by atoms with Gasteiger partial charge in [-0.2, -0.15) is 0 Å². The monoisotopic (exact) mass is 331 g/mol. The first kappa shape index (κ1) is 17.9. The number of aromatic nitrogens is 1. The number of carbonyl (C=O) groups excluding carboxylic acids is 1. The van der Waals surface area contributed by atoms with E-state index in [1.807, 2.05) is 19.9 Å². The Hall–Kier alpha value is -1.14. The Balaban J connectivity index is 0.00000154. The highest BCUT2D eigenvalue weighted by atomic mass is 79.9. The molecule has 0 unspecified atom stereocenters. The zero-order valence-corrected chi connectivity index (χ0v) is 13.1. The van der Waals surface area contributed by atoms with Crippen molar-refractivity contribution in [2.24, 2.45) is 5.73 Å². The summed E-state index contributed by atoms with van der Waals surface area (Å²) in [5.41, 5.74) is 5.27. The molecule has 0 saturated heterocycles. The van der Waals surface area contributed by atoms with Crippen molar-refractivity contribution in [2.45, 2.75) is 26.7 Å². The fourth-order valence-corrected chi connectivity index (χ4v) is 1.54. The quantitative estimate of drug-likeness (QED) is 0.750. The van der Waals surface area contributed by atoms with E-state index < -0.39 is 0 Å². The van der Waals surface area contributed by atoms with Crippen LogP contribution in [0.15, 0.2) is 22.9 Å². The molecule has 0 spiro atoms. The third kappa shape index (κ3) is 9.44. The fraction of sp³-hybridized carbons (Fsp3) is 0.538. The first-order valence-corrected chi connectivity index (χ1v) is 7.22. The minimum absolute atomic E-state index is 0.00594. The molecular formula is C13H22BrN3O2. The number of carbonyl (C=O) groups is 1. The summed E-state index contributed by atoms with van der Waals surface area (Å²) in [6, 6.07) is 1.83. The highest BCUT2D eigenvalue weighted by molar-refractivity contribution is 9.10. The highest BCUT2D eigenvalue weighted by Gasteiger charge is 2.00. The maximum absolute atomic E-state index is 11.2. The molecule has 0 bridgehead atoms. The van der Waals surface area contributed by atoms with E-state index in [0.29, 0.717) is 38.3 Å². The Morgan fingerprint density at radius 3 is 2.84 bits per heavy atom. The van der Waals surface area contributed by atoms with Crippen molar-refractivity contribution in [1.82, 2.24) is 10.3 Å². The van der Waals surface area contributed by atoms with Gasteiger partial charge < -0.3 is 15.8 Å². The summed E-state index contributed by atoms with van der Waals surface area (Å²) in [5.74, 6) is 0.702. The Bertz CT molecular complexity index is 361. The van der Waals surface area contributed by atoms with Gasteiger partial charge in [0.05, 0.1) is 12.8 Å². The molecule has 5 nitrogen and oxygen atoms in total. The molecule has 1 heterocycles. The van der Waals surface area contributed by atoms with Gasteiger partial charge in [0.1, 0.15) is 5.75 Å². The molecule has 1 aromatic rings. The largest absolute Gasteiger partial charge is 0.492 e. The van der Waals surface area contributed by atoms with Crippen LogP contribution in [0.25, 0.3) is 0 Å². The number of hydrogen-bond acceptors (Lipinski definition) is 4. The summed E-state index contributed by atoms with van der Waals surface area (Å²) < 4.78 is 6.32. The molecular weight excluding hydrogens is 310 g/mol. The number of amides is 1. The second-order valence-corrected chi connectivity index (χ2v) is 4.35. The second-order valence-electron chi connectivity index (χ2n) is 3.43. The summed E-state index contributed by atoms with van der Waals surface area (Å²) in [6.45, 7) is 5.48. The molecule has 1 amide bonds. The first-order valence-electron chi connectivity index (χ1n) is 6.42. The number of halogens is 1. The molecule has 0 aliphatic rings. The van der Waals surface area contributed by atoms with Gasteiger partial charge in [-0.3, -0.25) is 9.78 Å². The first-order chi connectivity index (χ1) is 9.22. The van der Waals surface area contributed by atoms with Crippen LogP contribution in [-0.4, -0.2) is 30.6 Å². The fourth-order valence-electron chi connectivity index (χ4n) is 1.19. The van der Waals surface area contributed by atoms with Crippen LogP contribution in [0.4, 0.5) is 0 Å². The maximum atomic E-state index is 11.2. The number of hydrogen-bond donors (Lipinski definition) is 2. The standard InChI is InChI=1S/C11H16BrN3O2.C2H6/c12-9-6-10(8-14-7-9)17-5-1-2-11(16)15-4-3-13;1-2/h6-8H,1-5,13H2,(H,15,16);1-2H3. The van der Waals surface area contributed by atoms with Crippen LogP contribution in [0, 0.1) is 0 Å². The third-order valence-electron chi connectivity index (χ3n) is 1.96. The zero-order valence-electron chi connectivity index (χ0n) is 11.5. The minimum Gasteiger partial charge on any atom is -0.492 e. The summed E-state index contributed by atoms with van der Waals surface area (Å²) in [6.07, 6.45) is 4.44. The van der Waals surface area contributed by atoms with E-state index in [4.69, 9.17) is 10.5 Å². The van der Waals surface area contributed by atoms with Crippen LogP contribution in [0.2, 0.25) is 0 Å². The zero-order chi connectivity index (χ0) is 14.5. The van der Waals surface area contributed by atoms with Crippen LogP contribution in [-0.2, 0) is 4.79 Å². The molecule has 1 aromatic heterocycles. The van der Waals surface area contributed by atoms with E-state index in [0.717, 1.165) is 4.47 Å². The molecule has 0 radical (unpaired) electrons. The van der Waals surface area contributed by atoms with Gasteiger partial charge in [-0.1, -0.05) is 13.8 Å². The number of nitrogens with two attached hydrogens (primary N) is 1. The van der Waals surface area contributed by atoms with Crippen LogP contribution < -0.4 is 15.8 Å². The van der Waals surface area contributed by atoms with Crippen molar-refractivity contribution in [3.8, 4) is 5.75 Å². The van der Waals surface area contributed by atoms with Crippen molar-refractivity contribution in [1.29, 1.82) is 0 Å². The molecule has 0 saturated carbocycles. The average molecular weight is 332 g/mol. The molecule has 0 aliphatic heterocycles. The van der Waals surface area contributed by atoms with Crippen LogP contribution in [0.3, 0.4) is 0 Å². The smallest absolute Gasteiger partial charge is 0.220 e. The molecule has 0 atom stereocenters. The van der Waals surface area contributed by atoms with Crippen molar-refractivity contribution in [3.05, 3.63) is 22.9 Å². The molecule has 19 heavy (non-hydrogen) atoms. The van der Waals surface area contributed by atoms with Gasteiger partial charge in [0.25, 0.3) is 0 Å². The highest BCUT2D eigenvalue weighted by Crippen LogP contribution is 2.15. The molecule has 3 N–H and O–H groups in total. The Kier molecular flexibility index (Phi) is 11.2. The lowest BCUT2D eigenvalue weighted by Gasteiger charge is -2.06. The predicted octanol–water partition coefficient (Wildman–Crippen LogP) is 2.10. The lowest BCUT2D eigenvalue weighted by molar-refractivity contribution is -0.121. The van der Waals surface area contributed by atoms with E-state index in [9.17, 15) is 4.79 Å². The van der Waals surface area contributed by atoms with E-state index >= 15 is 0 Å².